The molecule has 30 heavy (non-hydrogen) atoms. The first-order valence-corrected chi connectivity index (χ1v) is 11.7. The van der Waals surface area contributed by atoms with Crippen molar-refractivity contribution >= 4 is 34.4 Å². The SMILES string of the molecule is NCC1(c2cccc(Cl)c2)CCC(N2CCN(c3ccc(S(=O)O)cc3)C2=O)CC1. The highest BCUT2D eigenvalue weighted by Gasteiger charge is 2.41. The maximum Gasteiger partial charge on any atom is 0.324 e. The summed E-state index contributed by atoms with van der Waals surface area (Å²) in [6.07, 6.45) is 3.67. The molecule has 160 valence electrons. The molecule has 4 rings (SSSR count). The van der Waals surface area contributed by atoms with Gasteiger partial charge in [0, 0.05) is 41.8 Å². The van der Waals surface area contributed by atoms with Crippen LogP contribution in [0.4, 0.5) is 10.5 Å². The molecule has 2 aromatic carbocycles. The average Bonchev–Trinajstić information content (AvgIpc) is 3.15. The summed E-state index contributed by atoms with van der Waals surface area (Å²) in [5, 5.41) is 0.726. The first kappa shape index (κ1) is 21.3. The third-order valence-corrected chi connectivity index (χ3v) is 7.48. The van der Waals surface area contributed by atoms with Crippen LogP contribution in [0.1, 0.15) is 31.2 Å². The van der Waals surface area contributed by atoms with E-state index in [0.717, 1.165) is 36.4 Å². The smallest absolute Gasteiger partial charge is 0.324 e. The Labute approximate surface area is 184 Å². The number of carbonyl (C=O) groups is 1. The summed E-state index contributed by atoms with van der Waals surface area (Å²) < 4.78 is 20.3. The van der Waals surface area contributed by atoms with Crippen molar-refractivity contribution in [1.29, 1.82) is 0 Å². The lowest BCUT2D eigenvalue weighted by Gasteiger charge is -2.42. The number of urea groups is 1. The second-order valence-electron chi connectivity index (χ2n) is 8.10. The van der Waals surface area contributed by atoms with Gasteiger partial charge in [-0.1, -0.05) is 23.7 Å². The molecule has 1 unspecified atom stereocenters. The van der Waals surface area contributed by atoms with E-state index in [0.29, 0.717) is 24.5 Å². The van der Waals surface area contributed by atoms with Gasteiger partial charge in [0.1, 0.15) is 0 Å². The van der Waals surface area contributed by atoms with Gasteiger partial charge in [0.25, 0.3) is 0 Å². The van der Waals surface area contributed by atoms with Gasteiger partial charge in [-0.15, -0.1) is 0 Å². The zero-order valence-corrected chi connectivity index (χ0v) is 18.2. The number of hydrogen-bond acceptors (Lipinski definition) is 3. The van der Waals surface area contributed by atoms with Crippen molar-refractivity contribution in [2.75, 3.05) is 24.5 Å². The van der Waals surface area contributed by atoms with Crippen LogP contribution in [-0.2, 0) is 16.5 Å². The average molecular weight is 448 g/mol. The van der Waals surface area contributed by atoms with Gasteiger partial charge >= 0.3 is 6.03 Å². The minimum atomic E-state index is -2.02. The number of amides is 2. The highest BCUT2D eigenvalue weighted by atomic mass is 35.5. The summed E-state index contributed by atoms with van der Waals surface area (Å²) in [6, 6.07) is 14.8. The largest absolute Gasteiger partial charge is 0.330 e. The van der Waals surface area contributed by atoms with Gasteiger partial charge in [-0.25, -0.2) is 9.00 Å². The molecule has 1 saturated heterocycles. The van der Waals surface area contributed by atoms with Gasteiger partial charge < -0.3 is 15.2 Å². The first-order valence-electron chi connectivity index (χ1n) is 10.2. The number of benzene rings is 2. The van der Waals surface area contributed by atoms with Crippen molar-refractivity contribution in [1.82, 2.24) is 4.90 Å². The zero-order valence-electron chi connectivity index (χ0n) is 16.7. The molecule has 1 atom stereocenters. The molecule has 3 N–H and O–H groups in total. The van der Waals surface area contributed by atoms with Gasteiger partial charge in [0.15, 0.2) is 11.1 Å². The Kier molecular flexibility index (Phi) is 6.16. The number of nitrogens with zero attached hydrogens (tertiary/aromatic N) is 2. The van der Waals surface area contributed by atoms with Crippen LogP contribution >= 0.6 is 11.6 Å². The van der Waals surface area contributed by atoms with Gasteiger partial charge in [0.2, 0.25) is 0 Å². The van der Waals surface area contributed by atoms with Crippen molar-refractivity contribution in [2.45, 2.75) is 42.0 Å². The molecular weight excluding hydrogens is 422 g/mol. The van der Waals surface area contributed by atoms with Crippen LogP contribution < -0.4 is 10.6 Å². The van der Waals surface area contributed by atoms with Gasteiger partial charge in [-0.05, 0) is 67.6 Å². The molecule has 2 aromatic rings. The molecule has 0 aromatic heterocycles. The number of anilines is 1. The predicted molar refractivity (Wildman–Crippen MR) is 119 cm³/mol. The van der Waals surface area contributed by atoms with E-state index in [1.807, 2.05) is 23.1 Å². The fourth-order valence-corrected chi connectivity index (χ4v) is 5.33. The van der Waals surface area contributed by atoms with E-state index in [4.69, 9.17) is 17.3 Å². The molecule has 2 fully saturated rings. The van der Waals surface area contributed by atoms with Crippen LogP contribution in [0, 0.1) is 0 Å². The summed E-state index contributed by atoms with van der Waals surface area (Å²) in [6.45, 7) is 1.87. The number of rotatable bonds is 5. The fourth-order valence-electron chi connectivity index (χ4n) is 4.77. The summed E-state index contributed by atoms with van der Waals surface area (Å²) in [7, 11) is 0. The number of carbonyl (C=O) groups excluding carboxylic acids is 1. The van der Waals surface area contributed by atoms with Crippen molar-refractivity contribution in [2.24, 2.45) is 5.73 Å². The van der Waals surface area contributed by atoms with E-state index in [-0.39, 0.29) is 17.5 Å². The topological polar surface area (TPSA) is 86.9 Å². The molecule has 1 aliphatic carbocycles. The van der Waals surface area contributed by atoms with E-state index in [1.54, 1.807) is 29.2 Å². The normalized spacial score (nSPS) is 25.6. The molecule has 2 aliphatic rings. The maximum absolute atomic E-state index is 13.1. The number of nitrogens with two attached hydrogens (primary N) is 1. The Morgan fingerprint density at radius 1 is 1.13 bits per heavy atom. The number of hydrogen-bond donors (Lipinski definition) is 2. The van der Waals surface area contributed by atoms with Crippen molar-refractivity contribution < 1.29 is 13.6 Å². The summed E-state index contributed by atoms with van der Waals surface area (Å²) in [5.74, 6) is 0. The first-order chi connectivity index (χ1) is 14.4. The minimum absolute atomic E-state index is 0.000810. The predicted octanol–water partition coefficient (Wildman–Crippen LogP) is 4.00. The maximum atomic E-state index is 13.1. The summed E-state index contributed by atoms with van der Waals surface area (Å²) in [4.78, 5) is 17.1. The minimum Gasteiger partial charge on any atom is -0.330 e. The van der Waals surface area contributed by atoms with Gasteiger partial charge in [0.05, 0.1) is 4.90 Å². The van der Waals surface area contributed by atoms with Crippen LogP contribution in [0.3, 0.4) is 0 Å². The molecule has 1 saturated carbocycles. The van der Waals surface area contributed by atoms with Crippen molar-refractivity contribution in [3.63, 3.8) is 0 Å². The molecule has 2 amide bonds. The lowest BCUT2D eigenvalue weighted by atomic mass is 9.68. The Bertz CT molecular complexity index is 945. The third-order valence-electron chi connectivity index (χ3n) is 6.57. The van der Waals surface area contributed by atoms with Crippen LogP contribution in [0.15, 0.2) is 53.4 Å². The quantitative estimate of drug-likeness (QED) is 0.678. The van der Waals surface area contributed by atoms with Crippen LogP contribution in [0.25, 0.3) is 0 Å². The second kappa shape index (κ2) is 8.67. The van der Waals surface area contributed by atoms with E-state index < -0.39 is 11.1 Å². The fraction of sp³-hybridized carbons (Fsp3) is 0.409. The Morgan fingerprint density at radius 2 is 1.83 bits per heavy atom. The highest BCUT2D eigenvalue weighted by molar-refractivity contribution is 7.79. The lowest BCUT2D eigenvalue weighted by molar-refractivity contribution is 0.156. The summed E-state index contributed by atoms with van der Waals surface area (Å²) in [5.41, 5.74) is 8.06. The van der Waals surface area contributed by atoms with E-state index in [9.17, 15) is 13.6 Å². The third kappa shape index (κ3) is 3.99. The summed E-state index contributed by atoms with van der Waals surface area (Å²) >= 11 is 4.19. The van der Waals surface area contributed by atoms with Crippen LogP contribution in [-0.4, -0.2) is 45.4 Å². The zero-order chi connectivity index (χ0) is 21.3. The van der Waals surface area contributed by atoms with Crippen LogP contribution in [0.5, 0.6) is 0 Å². The molecular formula is C22H26ClN3O3S. The molecule has 1 aliphatic heterocycles. The Hall–Kier alpha value is -1.93. The van der Waals surface area contributed by atoms with Gasteiger partial charge in [-0.3, -0.25) is 4.90 Å². The Morgan fingerprint density at radius 3 is 2.43 bits per heavy atom. The molecule has 0 spiro atoms. The van der Waals surface area contributed by atoms with Crippen LogP contribution in [0.2, 0.25) is 5.02 Å². The molecule has 1 heterocycles. The molecule has 0 bridgehead atoms. The molecule has 8 heteroatoms. The Balaban J connectivity index is 1.44. The molecule has 0 radical (unpaired) electrons. The molecule has 6 nitrogen and oxygen atoms in total. The van der Waals surface area contributed by atoms with E-state index >= 15 is 0 Å². The number of halogens is 1. The standard InChI is InChI=1S/C22H26ClN3O3S/c23-17-3-1-2-16(14-17)22(15-24)10-8-19(9-11-22)26-13-12-25(21(26)27)18-4-6-20(7-5-18)30(28)29/h1-7,14,19H,8-13,15,24H2,(H,28,29). The highest BCUT2D eigenvalue weighted by Crippen LogP contribution is 2.41. The monoisotopic (exact) mass is 447 g/mol. The van der Waals surface area contributed by atoms with E-state index in [2.05, 4.69) is 6.07 Å². The second-order valence-corrected chi connectivity index (χ2v) is 9.50. The van der Waals surface area contributed by atoms with E-state index in [1.165, 1.54) is 5.56 Å². The van der Waals surface area contributed by atoms with Gasteiger partial charge in [-0.2, -0.15) is 0 Å². The lowest BCUT2D eigenvalue weighted by Crippen LogP contribution is -2.46. The van der Waals surface area contributed by atoms with Crippen molar-refractivity contribution in [3.8, 4) is 0 Å². The van der Waals surface area contributed by atoms with Crippen molar-refractivity contribution in [3.05, 3.63) is 59.1 Å².